The molecule has 0 aromatic rings. The van der Waals surface area contributed by atoms with Crippen LogP contribution in [0.3, 0.4) is 0 Å². The molecule has 2 aliphatic rings. The fourth-order valence-electron chi connectivity index (χ4n) is 2.68. The lowest BCUT2D eigenvalue weighted by atomic mass is 9.93. The summed E-state index contributed by atoms with van der Waals surface area (Å²) in [5.74, 6) is 0.360. The van der Waals surface area contributed by atoms with Gasteiger partial charge in [-0.25, -0.2) is 9.69 Å². The van der Waals surface area contributed by atoms with Gasteiger partial charge in [-0.2, -0.15) is 0 Å². The van der Waals surface area contributed by atoms with Crippen LogP contribution in [0.5, 0.6) is 0 Å². The first-order valence-corrected chi connectivity index (χ1v) is 6.79. The Kier molecular flexibility index (Phi) is 4.22. The van der Waals surface area contributed by atoms with Crippen LogP contribution < -0.4 is 0 Å². The van der Waals surface area contributed by atoms with Gasteiger partial charge in [0, 0.05) is 6.42 Å². The van der Waals surface area contributed by atoms with Crippen molar-refractivity contribution in [1.82, 2.24) is 9.80 Å². The van der Waals surface area contributed by atoms with Gasteiger partial charge in [-0.3, -0.25) is 4.79 Å². The fourth-order valence-corrected chi connectivity index (χ4v) is 2.68. The van der Waals surface area contributed by atoms with Gasteiger partial charge in [-0.05, 0) is 45.3 Å². The Labute approximate surface area is 108 Å². The molecule has 2 aliphatic heterocycles. The molecule has 18 heavy (non-hydrogen) atoms. The summed E-state index contributed by atoms with van der Waals surface area (Å²) in [6.07, 6.45) is 2.88. The largest absolute Gasteiger partial charge is 0.447 e. The molecule has 0 N–H and O–H groups in total. The van der Waals surface area contributed by atoms with Crippen LogP contribution in [0.1, 0.15) is 32.6 Å². The molecule has 102 valence electrons. The zero-order valence-electron chi connectivity index (χ0n) is 11.2. The molecule has 0 aromatic heterocycles. The van der Waals surface area contributed by atoms with Crippen molar-refractivity contribution in [2.75, 3.05) is 26.7 Å². The molecule has 2 rings (SSSR count). The first-order chi connectivity index (χ1) is 8.61. The van der Waals surface area contributed by atoms with E-state index in [0.29, 0.717) is 18.9 Å². The molecule has 0 aliphatic carbocycles. The lowest BCUT2D eigenvalue weighted by molar-refractivity contribution is -0.130. The molecule has 0 bridgehead atoms. The quantitative estimate of drug-likeness (QED) is 0.765. The van der Waals surface area contributed by atoms with Crippen LogP contribution in [0.2, 0.25) is 0 Å². The van der Waals surface area contributed by atoms with Crippen molar-refractivity contribution >= 4 is 12.0 Å². The summed E-state index contributed by atoms with van der Waals surface area (Å²) in [7, 11) is 2.10. The lowest BCUT2D eigenvalue weighted by Crippen LogP contribution is -2.40. The zero-order valence-corrected chi connectivity index (χ0v) is 11.2. The van der Waals surface area contributed by atoms with Gasteiger partial charge in [0.15, 0.2) is 0 Å². The minimum absolute atomic E-state index is 0.0566. The van der Waals surface area contributed by atoms with E-state index < -0.39 is 6.09 Å². The van der Waals surface area contributed by atoms with E-state index in [9.17, 15) is 9.59 Å². The topological polar surface area (TPSA) is 49.9 Å². The van der Waals surface area contributed by atoms with Crippen molar-refractivity contribution in [3.05, 3.63) is 0 Å². The van der Waals surface area contributed by atoms with E-state index in [1.807, 2.05) is 6.92 Å². The number of carbonyl (C=O) groups is 2. The molecule has 2 saturated heterocycles. The van der Waals surface area contributed by atoms with E-state index in [0.717, 1.165) is 32.4 Å². The number of hydrogen-bond donors (Lipinski definition) is 0. The number of imide groups is 1. The maximum absolute atomic E-state index is 12.2. The second kappa shape index (κ2) is 5.69. The van der Waals surface area contributed by atoms with Gasteiger partial charge in [-0.15, -0.1) is 0 Å². The summed E-state index contributed by atoms with van der Waals surface area (Å²) < 4.78 is 4.95. The fraction of sp³-hybridized carbons (Fsp3) is 0.846. The van der Waals surface area contributed by atoms with Crippen LogP contribution in [0.25, 0.3) is 0 Å². The highest BCUT2D eigenvalue weighted by Gasteiger charge is 2.37. The number of carbonyl (C=O) groups excluding carboxylic acids is 2. The van der Waals surface area contributed by atoms with Crippen molar-refractivity contribution in [1.29, 1.82) is 0 Å². The molecule has 2 amide bonds. The predicted molar refractivity (Wildman–Crippen MR) is 67.1 cm³/mol. The Hall–Kier alpha value is -1.10. The van der Waals surface area contributed by atoms with Crippen molar-refractivity contribution in [3.63, 3.8) is 0 Å². The van der Waals surface area contributed by atoms with E-state index in [1.54, 1.807) is 0 Å². The van der Waals surface area contributed by atoms with Crippen LogP contribution >= 0.6 is 0 Å². The molecular formula is C13H22N2O3. The number of ether oxygens (including phenoxy) is 1. The maximum Gasteiger partial charge on any atom is 0.416 e. The number of piperidine rings is 1. The number of nitrogens with zero attached hydrogens (tertiary/aromatic N) is 2. The van der Waals surface area contributed by atoms with Crippen molar-refractivity contribution < 1.29 is 14.3 Å². The predicted octanol–water partition coefficient (Wildman–Crippen LogP) is 1.48. The summed E-state index contributed by atoms with van der Waals surface area (Å²) in [5, 5.41) is 0. The molecule has 1 atom stereocenters. The third-order valence-corrected chi connectivity index (χ3v) is 4.00. The maximum atomic E-state index is 12.2. The molecular weight excluding hydrogens is 232 g/mol. The SMILES string of the molecule is CCC1COC(=O)N1C(=O)CC1CCN(C)CC1. The van der Waals surface area contributed by atoms with Crippen molar-refractivity contribution in [2.24, 2.45) is 5.92 Å². The van der Waals surface area contributed by atoms with Gasteiger partial charge in [-0.1, -0.05) is 6.92 Å². The highest BCUT2D eigenvalue weighted by Crippen LogP contribution is 2.23. The van der Waals surface area contributed by atoms with Gasteiger partial charge in [0.1, 0.15) is 6.61 Å². The summed E-state index contributed by atoms with van der Waals surface area (Å²) in [5.41, 5.74) is 0. The van der Waals surface area contributed by atoms with Crippen LogP contribution in [-0.2, 0) is 9.53 Å². The standard InChI is InChI=1S/C13H22N2O3/c1-3-11-9-18-13(17)15(11)12(16)8-10-4-6-14(2)7-5-10/h10-11H,3-9H2,1-2H3. The number of amides is 2. The van der Waals surface area contributed by atoms with E-state index in [2.05, 4.69) is 11.9 Å². The van der Waals surface area contributed by atoms with Gasteiger partial charge >= 0.3 is 6.09 Å². The number of rotatable bonds is 3. The summed E-state index contributed by atoms with van der Waals surface area (Å²) >= 11 is 0. The van der Waals surface area contributed by atoms with Crippen LogP contribution in [0.4, 0.5) is 4.79 Å². The van der Waals surface area contributed by atoms with Gasteiger partial charge < -0.3 is 9.64 Å². The highest BCUT2D eigenvalue weighted by atomic mass is 16.6. The smallest absolute Gasteiger partial charge is 0.416 e. The van der Waals surface area contributed by atoms with Gasteiger partial charge in [0.2, 0.25) is 5.91 Å². The molecule has 0 aromatic carbocycles. The van der Waals surface area contributed by atoms with Crippen molar-refractivity contribution in [2.45, 2.75) is 38.6 Å². The Balaban J connectivity index is 1.89. The molecule has 5 heteroatoms. The van der Waals surface area contributed by atoms with Gasteiger partial charge in [0.05, 0.1) is 6.04 Å². The number of likely N-dealkylation sites (tertiary alicyclic amines) is 1. The second-order valence-electron chi connectivity index (χ2n) is 5.35. The number of cyclic esters (lactones) is 1. The highest BCUT2D eigenvalue weighted by molar-refractivity contribution is 5.93. The summed E-state index contributed by atoms with van der Waals surface area (Å²) in [6.45, 7) is 4.41. The molecule has 0 radical (unpaired) electrons. The van der Waals surface area contributed by atoms with E-state index >= 15 is 0 Å². The lowest BCUT2D eigenvalue weighted by Gasteiger charge is -2.29. The monoisotopic (exact) mass is 254 g/mol. The Bertz CT molecular complexity index is 324. The molecule has 1 unspecified atom stereocenters. The third-order valence-electron chi connectivity index (χ3n) is 4.00. The first-order valence-electron chi connectivity index (χ1n) is 6.79. The van der Waals surface area contributed by atoms with E-state index in [1.165, 1.54) is 4.90 Å². The zero-order chi connectivity index (χ0) is 13.1. The third kappa shape index (κ3) is 2.83. The van der Waals surface area contributed by atoms with Crippen LogP contribution in [0, 0.1) is 5.92 Å². The van der Waals surface area contributed by atoms with Crippen molar-refractivity contribution in [3.8, 4) is 0 Å². The normalized spacial score (nSPS) is 26.4. The van der Waals surface area contributed by atoms with E-state index in [4.69, 9.17) is 4.74 Å². The Morgan fingerprint density at radius 3 is 2.67 bits per heavy atom. The summed E-state index contributed by atoms with van der Waals surface area (Å²) in [6, 6.07) is -0.0590. The molecule has 0 spiro atoms. The number of hydrogen-bond acceptors (Lipinski definition) is 4. The van der Waals surface area contributed by atoms with Crippen LogP contribution in [0.15, 0.2) is 0 Å². The van der Waals surface area contributed by atoms with Crippen LogP contribution in [-0.4, -0.2) is 54.6 Å². The molecule has 0 saturated carbocycles. The summed E-state index contributed by atoms with van der Waals surface area (Å²) in [4.78, 5) is 27.3. The molecule has 5 nitrogen and oxygen atoms in total. The molecule has 2 fully saturated rings. The average Bonchev–Trinajstić information content (AvgIpc) is 2.73. The van der Waals surface area contributed by atoms with E-state index in [-0.39, 0.29) is 11.9 Å². The molecule has 2 heterocycles. The first kappa shape index (κ1) is 13.3. The van der Waals surface area contributed by atoms with Gasteiger partial charge in [0.25, 0.3) is 0 Å². The second-order valence-corrected chi connectivity index (χ2v) is 5.35. The minimum Gasteiger partial charge on any atom is -0.447 e. The Morgan fingerprint density at radius 2 is 2.06 bits per heavy atom. The average molecular weight is 254 g/mol. The Morgan fingerprint density at radius 1 is 1.39 bits per heavy atom. The minimum atomic E-state index is -0.459.